The van der Waals surface area contributed by atoms with E-state index >= 15 is 0 Å². The van der Waals surface area contributed by atoms with Crippen molar-refractivity contribution in [2.75, 3.05) is 10.6 Å². The van der Waals surface area contributed by atoms with Crippen molar-refractivity contribution in [1.29, 1.82) is 0 Å². The number of nitrogens with one attached hydrogen (secondary N) is 2. The standard InChI is InChI=1S/C16H19N3O/c1-11(2)16(20)19-15-9-8-14(10-17-15)18-13-6-4-12(3)5-7-13/h4-11,18H,1-3H3,(H,17,19,20). The molecule has 1 heterocycles. The summed E-state index contributed by atoms with van der Waals surface area (Å²) < 4.78 is 0. The van der Waals surface area contributed by atoms with Gasteiger partial charge in [-0.25, -0.2) is 4.98 Å². The van der Waals surface area contributed by atoms with Gasteiger partial charge in [0, 0.05) is 11.6 Å². The monoisotopic (exact) mass is 269 g/mol. The fourth-order valence-electron chi connectivity index (χ4n) is 1.62. The fraction of sp³-hybridized carbons (Fsp3) is 0.250. The van der Waals surface area contributed by atoms with Crippen LogP contribution in [-0.4, -0.2) is 10.9 Å². The summed E-state index contributed by atoms with van der Waals surface area (Å²) in [5.41, 5.74) is 3.12. The topological polar surface area (TPSA) is 54.0 Å². The van der Waals surface area contributed by atoms with E-state index in [0.29, 0.717) is 5.82 Å². The number of amides is 1. The van der Waals surface area contributed by atoms with E-state index < -0.39 is 0 Å². The number of benzene rings is 1. The zero-order valence-electron chi connectivity index (χ0n) is 12.0. The highest BCUT2D eigenvalue weighted by Crippen LogP contribution is 2.17. The maximum Gasteiger partial charge on any atom is 0.228 e. The van der Waals surface area contributed by atoms with E-state index in [4.69, 9.17) is 0 Å². The molecule has 20 heavy (non-hydrogen) atoms. The minimum absolute atomic E-state index is 0.0308. The molecule has 0 radical (unpaired) electrons. The van der Waals surface area contributed by atoms with Crippen molar-refractivity contribution >= 4 is 23.1 Å². The van der Waals surface area contributed by atoms with Gasteiger partial charge in [0.25, 0.3) is 0 Å². The first-order valence-corrected chi connectivity index (χ1v) is 6.65. The van der Waals surface area contributed by atoms with Crippen LogP contribution in [0.3, 0.4) is 0 Å². The van der Waals surface area contributed by atoms with Crippen molar-refractivity contribution in [3.63, 3.8) is 0 Å². The summed E-state index contributed by atoms with van der Waals surface area (Å²) >= 11 is 0. The lowest BCUT2D eigenvalue weighted by Crippen LogP contribution is -2.18. The average Bonchev–Trinajstić information content (AvgIpc) is 2.43. The second kappa shape index (κ2) is 6.19. The predicted molar refractivity (Wildman–Crippen MR) is 82.2 cm³/mol. The second-order valence-corrected chi connectivity index (χ2v) is 5.07. The number of aryl methyl sites for hydroxylation is 1. The van der Waals surface area contributed by atoms with Crippen LogP contribution in [0, 0.1) is 12.8 Å². The summed E-state index contributed by atoms with van der Waals surface area (Å²) in [6, 6.07) is 11.8. The molecule has 4 heteroatoms. The quantitative estimate of drug-likeness (QED) is 0.889. The molecule has 0 unspecified atom stereocenters. The molecule has 2 rings (SSSR count). The largest absolute Gasteiger partial charge is 0.354 e. The maximum absolute atomic E-state index is 11.6. The van der Waals surface area contributed by atoms with Crippen LogP contribution in [0.2, 0.25) is 0 Å². The Morgan fingerprint density at radius 3 is 2.25 bits per heavy atom. The van der Waals surface area contributed by atoms with Crippen LogP contribution in [0.4, 0.5) is 17.2 Å². The summed E-state index contributed by atoms with van der Waals surface area (Å²) in [4.78, 5) is 15.8. The van der Waals surface area contributed by atoms with Gasteiger partial charge in [0.2, 0.25) is 5.91 Å². The highest BCUT2D eigenvalue weighted by molar-refractivity contribution is 5.91. The van der Waals surface area contributed by atoms with Crippen LogP contribution < -0.4 is 10.6 Å². The van der Waals surface area contributed by atoms with Crippen molar-refractivity contribution in [2.45, 2.75) is 20.8 Å². The highest BCUT2D eigenvalue weighted by Gasteiger charge is 2.07. The Balaban J connectivity index is 2.01. The van der Waals surface area contributed by atoms with Gasteiger partial charge in [0.05, 0.1) is 11.9 Å². The normalized spacial score (nSPS) is 10.4. The third-order valence-electron chi connectivity index (χ3n) is 2.88. The number of rotatable bonds is 4. The molecular formula is C16H19N3O. The van der Waals surface area contributed by atoms with Gasteiger partial charge >= 0.3 is 0 Å². The number of carbonyl (C=O) groups is 1. The minimum atomic E-state index is -0.0536. The van der Waals surface area contributed by atoms with Gasteiger partial charge in [-0.3, -0.25) is 4.79 Å². The van der Waals surface area contributed by atoms with E-state index in [1.165, 1.54) is 5.56 Å². The molecule has 104 valence electrons. The van der Waals surface area contributed by atoms with Gasteiger partial charge in [-0.05, 0) is 31.2 Å². The third kappa shape index (κ3) is 3.82. The summed E-state index contributed by atoms with van der Waals surface area (Å²) in [7, 11) is 0. The summed E-state index contributed by atoms with van der Waals surface area (Å²) in [6.07, 6.45) is 1.70. The smallest absolute Gasteiger partial charge is 0.228 e. The van der Waals surface area contributed by atoms with E-state index in [-0.39, 0.29) is 11.8 Å². The van der Waals surface area contributed by atoms with E-state index in [2.05, 4.69) is 22.5 Å². The third-order valence-corrected chi connectivity index (χ3v) is 2.88. The Morgan fingerprint density at radius 2 is 1.70 bits per heavy atom. The molecule has 0 aliphatic rings. The van der Waals surface area contributed by atoms with Crippen LogP contribution in [0.1, 0.15) is 19.4 Å². The molecule has 0 atom stereocenters. The van der Waals surface area contributed by atoms with E-state index in [0.717, 1.165) is 11.4 Å². The van der Waals surface area contributed by atoms with Gasteiger partial charge in [-0.1, -0.05) is 31.5 Å². The van der Waals surface area contributed by atoms with E-state index in [9.17, 15) is 4.79 Å². The van der Waals surface area contributed by atoms with Crippen molar-refractivity contribution < 1.29 is 4.79 Å². The van der Waals surface area contributed by atoms with Gasteiger partial charge in [-0.2, -0.15) is 0 Å². The Bertz CT molecular complexity index is 574. The van der Waals surface area contributed by atoms with E-state index in [1.54, 1.807) is 12.3 Å². The molecule has 0 spiro atoms. The van der Waals surface area contributed by atoms with E-state index in [1.807, 2.05) is 44.2 Å². The average molecular weight is 269 g/mol. The zero-order valence-corrected chi connectivity index (χ0v) is 12.0. The molecule has 1 amide bonds. The molecule has 2 N–H and O–H groups in total. The molecule has 0 aliphatic carbocycles. The summed E-state index contributed by atoms with van der Waals surface area (Å²) in [5, 5.41) is 6.02. The van der Waals surface area contributed by atoms with Crippen LogP contribution in [0.25, 0.3) is 0 Å². The molecule has 1 aromatic heterocycles. The van der Waals surface area contributed by atoms with Gasteiger partial charge < -0.3 is 10.6 Å². The Kier molecular flexibility index (Phi) is 4.35. The lowest BCUT2D eigenvalue weighted by Gasteiger charge is -2.09. The molecule has 4 nitrogen and oxygen atoms in total. The SMILES string of the molecule is Cc1ccc(Nc2ccc(NC(=O)C(C)C)nc2)cc1. The van der Waals surface area contributed by atoms with Crippen molar-refractivity contribution in [3.05, 3.63) is 48.2 Å². The fourth-order valence-corrected chi connectivity index (χ4v) is 1.62. The summed E-state index contributed by atoms with van der Waals surface area (Å²) in [5.74, 6) is 0.483. The molecule has 1 aromatic carbocycles. The van der Waals surface area contributed by atoms with Crippen LogP contribution >= 0.6 is 0 Å². The lowest BCUT2D eigenvalue weighted by molar-refractivity contribution is -0.118. The van der Waals surface area contributed by atoms with Crippen LogP contribution in [-0.2, 0) is 4.79 Å². The number of pyridine rings is 1. The number of aromatic nitrogens is 1. The van der Waals surface area contributed by atoms with Gasteiger partial charge in [0.15, 0.2) is 0 Å². The molecule has 0 fully saturated rings. The molecule has 0 aliphatic heterocycles. The second-order valence-electron chi connectivity index (χ2n) is 5.07. The Labute approximate surface area is 119 Å². The molecule has 0 saturated carbocycles. The number of carbonyl (C=O) groups excluding carboxylic acids is 1. The first kappa shape index (κ1) is 14.1. The Hall–Kier alpha value is -2.36. The number of anilines is 3. The van der Waals surface area contributed by atoms with Crippen LogP contribution in [0.15, 0.2) is 42.6 Å². The lowest BCUT2D eigenvalue weighted by atomic mass is 10.2. The van der Waals surface area contributed by atoms with Crippen molar-refractivity contribution in [2.24, 2.45) is 5.92 Å². The minimum Gasteiger partial charge on any atom is -0.354 e. The first-order valence-electron chi connectivity index (χ1n) is 6.65. The number of hydrogen-bond acceptors (Lipinski definition) is 3. The molecule has 0 saturated heterocycles. The molecule has 2 aromatic rings. The number of nitrogens with zero attached hydrogens (tertiary/aromatic N) is 1. The van der Waals surface area contributed by atoms with Crippen molar-refractivity contribution in [1.82, 2.24) is 4.98 Å². The molecule has 0 bridgehead atoms. The summed E-state index contributed by atoms with van der Waals surface area (Å²) in [6.45, 7) is 5.75. The highest BCUT2D eigenvalue weighted by atomic mass is 16.1. The number of hydrogen-bond donors (Lipinski definition) is 2. The maximum atomic E-state index is 11.6. The van der Waals surface area contributed by atoms with Gasteiger partial charge in [-0.15, -0.1) is 0 Å². The first-order chi connectivity index (χ1) is 9.54. The predicted octanol–water partition coefficient (Wildman–Crippen LogP) is 3.73. The molecular weight excluding hydrogens is 250 g/mol. The van der Waals surface area contributed by atoms with Crippen molar-refractivity contribution in [3.8, 4) is 0 Å². The van der Waals surface area contributed by atoms with Crippen LogP contribution in [0.5, 0.6) is 0 Å². The Morgan fingerprint density at radius 1 is 1.05 bits per heavy atom. The van der Waals surface area contributed by atoms with Gasteiger partial charge in [0.1, 0.15) is 5.82 Å². The zero-order chi connectivity index (χ0) is 14.5.